The van der Waals surface area contributed by atoms with Gasteiger partial charge in [-0.3, -0.25) is 9.69 Å². The lowest BCUT2D eigenvalue weighted by atomic mass is 9.79. The number of hydrogen-bond acceptors (Lipinski definition) is 4. The van der Waals surface area contributed by atoms with Gasteiger partial charge in [-0.25, -0.2) is 4.98 Å². The summed E-state index contributed by atoms with van der Waals surface area (Å²) in [6, 6.07) is 2.56. The molecular weight excluding hydrogens is 290 g/mol. The fraction of sp³-hybridized carbons (Fsp3) is 0.667. The molecule has 4 aliphatic rings. The summed E-state index contributed by atoms with van der Waals surface area (Å²) < 4.78 is 5.65. The van der Waals surface area contributed by atoms with Crippen LogP contribution >= 0.6 is 0 Å². The van der Waals surface area contributed by atoms with E-state index in [4.69, 9.17) is 4.74 Å². The lowest BCUT2D eigenvalue weighted by Crippen LogP contribution is -2.62. The number of rotatable bonds is 2. The van der Waals surface area contributed by atoms with Crippen LogP contribution < -0.4 is 10.1 Å². The number of carbonyl (C=O) groups is 1. The molecule has 4 aliphatic heterocycles. The molecule has 5 rings (SSSR count). The van der Waals surface area contributed by atoms with Crippen molar-refractivity contribution in [3.8, 4) is 5.75 Å². The number of carbonyl (C=O) groups excluding carboxylic acids is 1. The first-order chi connectivity index (χ1) is 11.0. The highest BCUT2D eigenvalue weighted by atomic mass is 16.5. The van der Waals surface area contributed by atoms with Gasteiger partial charge in [0.25, 0.3) is 5.91 Å². The number of amides is 1. The standard InChI is InChI=1S/C18H25N3O2/c1-11-16(12-4-6-21(11)7-5-12)20-17(22)14-8-13-15(9-19-14)23-10-18(13,2)3/h8-9,11-12,16H,4-7,10H2,1-3H3,(H,20,22). The summed E-state index contributed by atoms with van der Waals surface area (Å²) in [7, 11) is 0. The van der Waals surface area contributed by atoms with Crippen LogP contribution in [0.1, 0.15) is 49.7 Å². The second-order valence-corrected chi connectivity index (χ2v) is 7.85. The molecule has 3 saturated heterocycles. The first-order valence-electron chi connectivity index (χ1n) is 8.64. The Morgan fingerprint density at radius 2 is 2.13 bits per heavy atom. The van der Waals surface area contributed by atoms with E-state index in [2.05, 4.69) is 36.0 Å². The minimum Gasteiger partial charge on any atom is -0.491 e. The minimum absolute atomic E-state index is 0.0545. The highest BCUT2D eigenvalue weighted by Crippen LogP contribution is 2.38. The minimum atomic E-state index is -0.0593. The van der Waals surface area contributed by atoms with E-state index in [0.29, 0.717) is 24.3 Å². The Morgan fingerprint density at radius 1 is 1.39 bits per heavy atom. The molecule has 0 aromatic carbocycles. The average Bonchev–Trinajstić information content (AvgIpc) is 2.86. The molecule has 5 heteroatoms. The zero-order valence-electron chi connectivity index (χ0n) is 14.1. The van der Waals surface area contributed by atoms with Crippen LogP contribution in [0.5, 0.6) is 5.75 Å². The predicted octanol–water partition coefficient (Wildman–Crippen LogP) is 1.96. The molecule has 2 atom stereocenters. The molecule has 1 N–H and O–H groups in total. The number of aromatic nitrogens is 1. The molecule has 2 unspecified atom stereocenters. The van der Waals surface area contributed by atoms with Crippen LogP contribution in [-0.2, 0) is 5.41 Å². The van der Waals surface area contributed by atoms with Crippen molar-refractivity contribution in [2.24, 2.45) is 5.92 Å². The molecule has 0 saturated carbocycles. The van der Waals surface area contributed by atoms with E-state index in [1.807, 2.05) is 6.07 Å². The van der Waals surface area contributed by atoms with Crippen LogP contribution in [-0.4, -0.2) is 47.6 Å². The quantitative estimate of drug-likeness (QED) is 0.906. The molecule has 3 fully saturated rings. The van der Waals surface area contributed by atoms with Gasteiger partial charge in [-0.2, -0.15) is 0 Å². The van der Waals surface area contributed by atoms with E-state index in [-0.39, 0.29) is 17.4 Å². The number of piperidine rings is 3. The van der Waals surface area contributed by atoms with E-state index >= 15 is 0 Å². The van der Waals surface area contributed by atoms with Gasteiger partial charge in [0.1, 0.15) is 11.4 Å². The third-order valence-electron chi connectivity index (χ3n) is 5.89. The zero-order valence-corrected chi connectivity index (χ0v) is 14.1. The number of hydrogen-bond donors (Lipinski definition) is 1. The fourth-order valence-corrected chi connectivity index (χ4v) is 4.32. The van der Waals surface area contributed by atoms with Crippen molar-refractivity contribution in [1.29, 1.82) is 0 Å². The second-order valence-electron chi connectivity index (χ2n) is 7.85. The SMILES string of the molecule is CC1C(NC(=O)c2cc3c(cn2)OCC3(C)C)C2CCN1CC2. The largest absolute Gasteiger partial charge is 0.491 e. The number of pyridine rings is 1. The van der Waals surface area contributed by atoms with Gasteiger partial charge >= 0.3 is 0 Å². The molecular formula is C18H25N3O2. The van der Waals surface area contributed by atoms with E-state index in [1.54, 1.807) is 6.20 Å². The van der Waals surface area contributed by atoms with Crippen molar-refractivity contribution in [2.45, 2.75) is 51.1 Å². The predicted molar refractivity (Wildman–Crippen MR) is 87.8 cm³/mol. The van der Waals surface area contributed by atoms with E-state index in [9.17, 15) is 4.79 Å². The van der Waals surface area contributed by atoms with E-state index in [1.165, 1.54) is 25.9 Å². The third kappa shape index (κ3) is 2.42. The smallest absolute Gasteiger partial charge is 0.270 e. The summed E-state index contributed by atoms with van der Waals surface area (Å²) in [6.45, 7) is 9.47. The Balaban J connectivity index is 1.54. The molecule has 0 aliphatic carbocycles. The summed E-state index contributed by atoms with van der Waals surface area (Å²) in [5.74, 6) is 1.36. The van der Waals surface area contributed by atoms with Gasteiger partial charge in [0.2, 0.25) is 0 Å². The monoisotopic (exact) mass is 315 g/mol. The third-order valence-corrected chi connectivity index (χ3v) is 5.89. The van der Waals surface area contributed by atoms with Crippen LogP contribution in [0.25, 0.3) is 0 Å². The zero-order chi connectivity index (χ0) is 16.2. The van der Waals surface area contributed by atoms with Crippen LogP contribution in [0.4, 0.5) is 0 Å². The highest BCUT2D eigenvalue weighted by Gasteiger charge is 2.41. The molecule has 23 heavy (non-hydrogen) atoms. The summed E-state index contributed by atoms with van der Waals surface area (Å²) in [6.07, 6.45) is 4.07. The Morgan fingerprint density at radius 3 is 2.83 bits per heavy atom. The normalized spacial score (nSPS) is 33.9. The molecule has 1 amide bonds. The molecule has 124 valence electrons. The Hall–Kier alpha value is -1.62. The van der Waals surface area contributed by atoms with Gasteiger partial charge in [0, 0.05) is 23.1 Å². The molecule has 5 nitrogen and oxygen atoms in total. The molecule has 2 bridgehead atoms. The van der Waals surface area contributed by atoms with Gasteiger partial charge in [0.15, 0.2) is 0 Å². The summed E-state index contributed by atoms with van der Waals surface area (Å²) >= 11 is 0. The maximum atomic E-state index is 12.7. The van der Waals surface area contributed by atoms with Crippen molar-refractivity contribution in [2.75, 3.05) is 19.7 Å². The molecule has 5 heterocycles. The van der Waals surface area contributed by atoms with Crippen molar-refractivity contribution >= 4 is 5.91 Å². The lowest BCUT2D eigenvalue weighted by molar-refractivity contribution is 0.0216. The van der Waals surface area contributed by atoms with Gasteiger partial charge in [0.05, 0.1) is 12.8 Å². The van der Waals surface area contributed by atoms with Gasteiger partial charge < -0.3 is 10.1 Å². The maximum Gasteiger partial charge on any atom is 0.270 e. The number of ether oxygens (including phenoxy) is 1. The van der Waals surface area contributed by atoms with Crippen molar-refractivity contribution in [3.05, 3.63) is 23.5 Å². The van der Waals surface area contributed by atoms with E-state index in [0.717, 1.165) is 11.3 Å². The highest BCUT2D eigenvalue weighted by molar-refractivity contribution is 5.93. The van der Waals surface area contributed by atoms with Gasteiger partial charge in [-0.15, -0.1) is 0 Å². The van der Waals surface area contributed by atoms with Crippen LogP contribution in [0.15, 0.2) is 12.3 Å². The first kappa shape index (κ1) is 14.9. The van der Waals surface area contributed by atoms with Crippen LogP contribution in [0, 0.1) is 5.92 Å². The Bertz CT molecular complexity index is 633. The van der Waals surface area contributed by atoms with Crippen LogP contribution in [0.3, 0.4) is 0 Å². The van der Waals surface area contributed by atoms with E-state index < -0.39 is 0 Å². The molecule has 1 aromatic heterocycles. The number of nitrogens with one attached hydrogen (secondary N) is 1. The van der Waals surface area contributed by atoms with Gasteiger partial charge in [-0.05, 0) is 44.8 Å². The molecule has 0 spiro atoms. The fourth-order valence-electron chi connectivity index (χ4n) is 4.32. The molecule has 1 aromatic rings. The topological polar surface area (TPSA) is 54.5 Å². The Kier molecular flexibility index (Phi) is 3.38. The number of nitrogens with zero attached hydrogens (tertiary/aromatic N) is 2. The second kappa shape index (κ2) is 5.20. The lowest BCUT2D eigenvalue weighted by Gasteiger charge is -2.49. The summed E-state index contributed by atoms with van der Waals surface area (Å²) in [5.41, 5.74) is 1.53. The summed E-state index contributed by atoms with van der Waals surface area (Å²) in [5, 5.41) is 3.25. The van der Waals surface area contributed by atoms with Crippen LogP contribution in [0.2, 0.25) is 0 Å². The first-order valence-corrected chi connectivity index (χ1v) is 8.64. The number of fused-ring (bicyclic) bond motifs is 4. The molecule has 0 radical (unpaired) electrons. The average molecular weight is 315 g/mol. The van der Waals surface area contributed by atoms with Gasteiger partial charge in [-0.1, -0.05) is 13.8 Å². The summed E-state index contributed by atoms with van der Waals surface area (Å²) in [4.78, 5) is 19.5. The maximum absolute atomic E-state index is 12.7. The van der Waals surface area contributed by atoms with Crippen molar-refractivity contribution in [3.63, 3.8) is 0 Å². The Labute approximate surface area is 137 Å². The van der Waals surface area contributed by atoms with Crippen molar-refractivity contribution in [1.82, 2.24) is 15.2 Å². The van der Waals surface area contributed by atoms with Crippen molar-refractivity contribution < 1.29 is 9.53 Å².